The molecular formula is C26H25ClF6N6. The second kappa shape index (κ2) is 9.96. The molecule has 4 heterocycles. The first kappa shape index (κ1) is 26.4. The van der Waals surface area contributed by atoms with Crippen LogP contribution in [0.1, 0.15) is 60.9 Å². The SMILES string of the molecule is Fc1ccc(N2CCC(c3nnc4n3-c3ccc(Cl)cc3CN(C3CC(C(F)(F)F)C3)C4)CC2)nc1C(F)F. The summed E-state index contributed by atoms with van der Waals surface area (Å²) in [6.45, 7) is 1.84. The Hall–Kier alpha value is -2.86. The first-order chi connectivity index (χ1) is 18.6. The molecule has 0 bridgehead atoms. The Morgan fingerprint density at radius 1 is 0.974 bits per heavy atom. The van der Waals surface area contributed by atoms with E-state index in [4.69, 9.17) is 11.6 Å². The predicted molar refractivity (Wildman–Crippen MR) is 132 cm³/mol. The van der Waals surface area contributed by atoms with Crippen LogP contribution >= 0.6 is 11.6 Å². The smallest absolute Gasteiger partial charge is 0.357 e. The molecular weight excluding hydrogens is 546 g/mol. The Labute approximate surface area is 225 Å². The van der Waals surface area contributed by atoms with Crippen molar-refractivity contribution in [1.82, 2.24) is 24.6 Å². The molecule has 2 fully saturated rings. The zero-order chi connectivity index (χ0) is 27.5. The molecule has 1 aromatic carbocycles. The summed E-state index contributed by atoms with van der Waals surface area (Å²) >= 11 is 6.30. The Kier molecular flexibility index (Phi) is 6.73. The lowest BCUT2D eigenvalue weighted by atomic mass is 9.78. The molecule has 0 spiro atoms. The van der Waals surface area contributed by atoms with Crippen LogP contribution in [-0.4, -0.2) is 50.0 Å². The maximum Gasteiger partial charge on any atom is 0.391 e. The van der Waals surface area contributed by atoms with Crippen LogP contribution in [0.15, 0.2) is 30.3 Å². The van der Waals surface area contributed by atoms with Gasteiger partial charge in [-0.05, 0) is 61.6 Å². The highest BCUT2D eigenvalue weighted by Crippen LogP contribution is 2.45. The fraction of sp³-hybridized carbons (Fsp3) is 0.500. The topological polar surface area (TPSA) is 50.1 Å². The van der Waals surface area contributed by atoms with Crippen LogP contribution in [0.4, 0.5) is 32.2 Å². The Morgan fingerprint density at radius 3 is 2.41 bits per heavy atom. The van der Waals surface area contributed by atoms with Gasteiger partial charge >= 0.3 is 6.18 Å². The number of piperidine rings is 1. The molecule has 0 amide bonds. The van der Waals surface area contributed by atoms with E-state index < -0.39 is 30.0 Å². The number of benzene rings is 1. The van der Waals surface area contributed by atoms with Gasteiger partial charge in [-0.2, -0.15) is 13.2 Å². The summed E-state index contributed by atoms with van der Waals surface area (Å²) < 4.78 is 81.4. The second-order valence-electron chi connectivity index (χ2n) is 10.5. The molecule has 3 aliphatic rings. The number of fused-ring (bicyclic) bond motifs is 3. The van der Waals surface area contributed by atoms with E-state index in [-0.39, 0.29) is 24.8 Å². The lowest BCUT2D eigenvalue weighted by molar-refractivity contribution is -0.207. The van der Waals surface area contributed by atoms with Crippen LogP contribution < -0.4 is 4.90 Å². The van der Waals surface area contributed by atoms with Crippen molar-refractivity contribution >= 4 is 17.4 Å². The van der Waals surface area contributed by atoms with E-state index >= 15 is 0 Å². The summed E-state index contributed by atoms with van der Waals surface area (Å²) in [5, 5.41) is 9.51. The van der Waals surface area contributed by atoms with Crippen LogP contribution in [0.25, 0.3) is 5.69 Å². The van der Waals surface area contributed by atoms with E-state index in [2.05, 4.69) is 15.2 Å². The van der Waals surface area contributed by atoms with Crippen molar-refractivity contribution in [1.29, 1.82) is 0 Å². The zero-order valence-electron chi connectivity index (χ0n) is 20.7. The highest BCUT2D eigenvalue weighted by Gasteiger charge is 2.50. The van der Waals surface area contributed by atoms with Gasteiger partial charge in [-0.3, -0.25) is 9.47 Å². The molecule has 3 aromatic rings. The summed E-state index contributed by atoms with van der Waals surface area (Å²) in [4.78, 5) is 7.72. The van der Waals surface area contributed by atoms with Gasteiger partial charge in [0.2, 0.25) is 0 Å². The number of rotatable bonds is 4. The van der Waals surface area contributed by atoms with Gasteiger partial charge in [0.25, 0.3) is 6.43 Å². The first-order valence-corrected chi connectivity index (χ1v) is 13.2. The average molecular weight is 571 g/mol. The van der Waals surface area contributed by atoms with Crippen LogP contribution in [0, 0.1) is 11.7 Å². The molecule has 1 saturated heterocycles. The number of hydrogen-bond donors (Lipinski definition) is 0. The zero-order valence-corrected chi connectivity index (χ0v) is 21.4. The molecule has 6 rings (SSSR count). The van der Waals surface area contributed by atoms with Gasteiger partial charge in [0.15, 0.2) is 11.6 Å². The maximum atomic E-state index is 13.7. The average Bonchev–Trinajstić information content (AvgIpc) is 3.19. The number of anilines is 1. The van der Waals surface area contributed by atoms with E-state index in [0.717, 1.165) is 23.1 Å². The summed E-state index contributed by atoms with van der Waals surface area (Å²) in [5.74, 6) is -0.596. The Balaban J connectivity index is 1.24. The highest BCUT2D eigenvalue weighted by molar-refractivity contribution is 6.30. The van der Waals surface area contributed by atoms with Crippen LogP contribution in [0.2, 0.25) is 5.02 Å². The number of hydrogen-bond acceptors (Lipinski definition) is 5. The van der Waals surface area contributed by atoms with Gasteiger partial charge in [-0.25, -0.2) is 18.2 Å². The molecule has 0 N–H and O–H groups in total. The summed E-state index contributed by atoms with van der Waals surface area (Å²) in [6.07, 6.45) is -5.78. The van der Waals surface area contributed by atoms with Crippen LogP contribution in [0.5, 0.6) is 0 Å². The van der Waals surface area contributed by atoms with Gasteiger partial charge in [0.1, 0.15) is 17.3 Å². The lowest BCUT2D eigenvalue weighted by Crippen LogP contribution is -2.48. The maximum absolute atomic E-state index is 13.7. The predicted octanol–water partition coefficient (Wildman–Crippen LogP) is 6.43. The van der Waals surface area contributed by atoms with E-state index in [0.29, 0.717) is 55.7 Å². The Bertz CT molecular complexity index is 1360. The number of nitrogens with zero attached hydrogens (tertiary/aromatic N) is 6. The van der Waals surface area contributed by atoms with E-state index in [1.807, 2.05) is 26.5 Å². The molecule has 0 atom stereocenters. The minimum absolute atomic E-state index is 0.00547. The summed E-state index contributed by atoms with van der Waals surface area (Å²) in [7, 11) is 0. The second-order valence-corrected chi connectivity index (χ2v) is 10.9. The third-order valence-electron chi connectivity index (χ3n) is 8.10. The third kappa shape index (κ3) is 4.97. The van der Waals surface area contributed by atoms with Crippen molar-refractivity contribution in [3.63, 3.8) is 0 Å². The molecule has 39 heavy (non-hydrogen) atoms. The minimum atomic E-state index is -4.18. The molecule has 1 aliphatic carbocycles. The molecule has 13 heteroatoms. The normalized spacial score (nSPS) is 22.4. The monoisotopic (exact) mass is 570 g/mol. The molecule has 0 radical (unpaired) electrons. The first-order valence-electron chi connectivity index (χ1n) is 12.8. The van der Waals surface area contributed by atoms with Crippen LogP contribution in [0.3, 0.4) is 0 Å². The third-order valence-corrected chi connectivity index (χ3v) is 8.33. The van der Waals surface area contributed by atoms with Gasteiger partial charge in [0, 0.05) is 36.6 Å². The number of aromatic nitrogens is 4. The molecule has 208 valence electrons. The molecule has 2 aliphatic heterocycles. The fourth-order valence-electron chi connectivity index (χ4n) is 5.87. The minimum Gasteiger partial charge on any atom is -0.357 e. The number of halogens is 7. The number of pyridine rings is 1. The van der Waals surface area contributed by atoms with Crippen molar-refractivity contribution in [2.24, 2.45) is 5.92 Å². The molecule has 0 unspecified atom stereocenters. The fourth-order valence-corrected chi connectivity index (χ4v) is 6.06. The van der Waals surface area contributed by atoms with Crippen LogP contribution in [-0.2, 0) is 13.1 Å². The van der Waals surface area contributed by atoms with Gasteiger partial charge in [-0.1, -0.05) is 11.6 Å². The quantitative estimate of drug-likeness (QED) is 0.338. The van der Waals surface area contributed by atoms with Gasteiger partial charge < -0.3 is 4.90 Å². The van der Waals surface area contributed by atoms with E-state index in [9.17, 15) is 26.3 Å². The number of alkyl halides is 5. The Morgan fingerprint density at radius 2 is 1.72 bits per heavy atom. The van der Waals surface area contributed by atoms with Crippen molar-refractivity contribution in [2.75, 3.05) is 18.0 Å². The van der Waals surface area contributed by atoms with E-state index in [1.54, 1.807) is 6.07 Å². The molecule has 1 saturated carbocycles. The van der Waals surface area contributed by atoms with Crippen molar-refractivity contribution in [3.05, 3.63) is 64.1 Å². The molecule has 6 nitrogen and oxygen atoms in total. The van der Waals surface area contributed by atoms with Crippen molar-refractivity contribution < 1.29 is 26.3 Å². The highest BCUT2D eigenvalue weighted by atomic mass is 35.5. The van der Waals surface area contributed by atoms with Crippen molar-refractivity contribution in [3.8, 4) is 5.69 Å². The standard InChI is InChI=1S/C26H25ClF6N6/c27-17-1-3-20-15(9-17)12-38(18-10-16(11-18)26(31,32)33)13-22-35-36-25(39(20)22)14-5-7-37(8-6-14)21-4-2-19(28)23(34-21)24(29)30/h1-4,9,14,16,18,24H,5-8,10-13H2. The summed E-state index contributed by atoms with van der Waals surface area (Å²) in [5.41, 5.74) is 0.892. The summed E-state index contributed by atoms with van der Waals surface area (Å²) in [6, 6.07) is 7.71. The lowest BCUT2D eigenvalue weighted by Gasteiger charge is -2.43. The molecule has 2 aromatic heterocycles. The van der Waals surface area contributed by atoms with Crippen molar-refractivity contribution in [2.45, 2.75) is 63.3 Å². The largest absolute Gasteiger partial charge is 0.391 e. The van der Waals surface area contributed by atoms with Gasteiger partial charge in [-0.15, -0.1) is 10.2 Å². The van der Waals surface area contributed by atoms with E-state index in [1.165, 1.54) is 6.07 Å². The van der Waals surface area contributed by atoms with Gasteiger partial charge in [0.05, 0.1) is 18.2 Å².